The average Bonchev–Trinajstić information content (AvgIpc) is 2.85. The van der Waals surface area contributed by atoms with Crippen LogP contribution in [0.4, 0.5) is 0 Å². The Morgan fingerprint density at radius 2 is 1.94 bits per heavy atom. The summed E-state index contributed by atoms with van der Waals surface area (Å²) < 4.78 is 10.5. The quantitative estimate of drug-likeness (QED) is 0.529. The standard InChI is InChI=1S/C13H20O3/c1-8(14)13-10-5-4-9(6-10)11(13)7-12(15-2)16-3/h4-5,9-13H,6-7H2,1-3H3/t9-,10+,11+,13+/m0/s1. The number of allylic oxidation sites excluding steroid dienone is 2. The number of fused-ring (bicyclic) bond motifs is 2. The van der Waals surface area contributed by atoms with Gasteiger partial charge in [-0.2, -0.15) is 0 Å². The molecule has 0 amide bonds. The van der Waals surface area contributed by atoms with E-state index in [0.29, 0.717) is 23.5 Å². The highest BCUT2D eigenvalue weighted by Crippen LogP contribution is 2.50. The normalized spacial score (nSPS) is 36.2. The lowest BCUT2D eigenvalue weighted by molar-refractivity contribution is -0.130. The summed E-state index contributed by atoms with van der Waals surface area (Å²) >= 11 is 0. The number of hydrogen-bond acceptors (Lipinski definition) is 3. The van der Waals surface area contributed by atoms with Gasteiger partial charge in [0, 0.05) is 26.6 Å². The van der Waals surface area contributed by atoms with E-state index in [-0.39, 0.29) is 12.2 Å². The molecule has 0 aromatic rings. The maximum absolute atomic E-state index is 11.7. The molecule has 2 rings (SSSR count). The highest BCUT2D eigenvalue weighted by Gasteiger charge is 2.47. The Bertz CT molecular complexity index is 294. The minimum absolute atomic E-state index is 0.181. The van der Waals surface area contributed by atoms with Gasteiger partial charge in [0.05, 0.1) is 0 Å². The van der Waals surface area contributed by atoms with Crippen LogP contribution in [0.1, 0.15) is 19.8 Å². The summed E-state index contributed by atoms with van der Waals surface area (Å²) in [6, 6.07) is 0. The molecule has 1 saturated carbocycles. The molecule has 90 valence electrons. The van der Waals surface area contributed by atoms with Crippen LogP contribution in [-0.2, 0) is 14.3 Å². The van der Waals surface area contributed by atoms with E-state index in [4.69, 9.17) is 9.47 Å². The second kappa shape index (κ2) is 4.68. The zero-order valence-electron chi connectivity index (χ0n) is 10.2. The zero-order valence-corrected chi connectivity index (χ0v) is 10.2. The van der Waals surface area contributed by atoms with E-state index in [9.17, 15) is 4.79 Å². The lowest BCUT2D eigenvalue weighted by atomic mass is 9.79. The molecule has 0 aromatic heterocycles. The van der Waals surface area contributed by atoms with Crippen molar-refractivity contribution in [1.29, 1.82) is 0 Å². The lowest BCUT2D eigenvalue weighted by Gasteiger charge is -2.28. The molecular weight excluding hydrogens is 204 g/mol. The van der Waals surface area contributed by atoms with E-state index >= 15 is 0 Å². The topological polar surface area (TPSA) is 35.5 Å². The molecule has 3 heteroatoms. The molecule has 16 heavy (non-hydrogen) atoms. The minimum atomic E-state index is -0.181. The third-order valence-corrected chi connectivity index (χ3v) is 4.08. The van der Waals surface area contributed by atoms with Crippen LogP contribution < -0.4 is 0 Å². The van der Waals surface area contributed by atoms with E-state index < -0.39 is 0 Å². The van der Waals surface area contributed by atoms with Crippen molar-refractivity contribution in [2.75, 3.05) is 14.2 Å². The maximum Gasteiger partial charge on any atom is 0.157 e. The molecule has 0 N–H and O–H groups in total. The van der Waals surface area contributed by atoms with Crippen molar-refractivity contribution in [3.63, 3.8) is 0 Å². The predicted octanol–water partition coefficient (Wildman–Crippen LogP) is 2.02. The Kier molecular flexibility index (Phi) is 3.45. The summed E-state index contributed by atoms with van der Waals surface area (Å²) in [7, 11) is 3.31. The van der Waals surface area contributed by atoms with Gasteiger partial charge in [-0.05, 0) is 31.1 Å². The summed E-state index contributed by atoms with van der Waals surface area (Å²) in [5, 5.41) is 0. The molecule has 0 saturated heterocycles. The molecule has 0 radical (unpaired) electrons. The molecule has 2 bridgehead atoms. The number of methoxy groups -OCH3 is 2. The van der Waals surface area contributed by atoms with Crippen molar-refractivity contribution < 1.29 is 14.3 Å². The smallest absolute Gasteiger partial charge is 0.157 e. The van der Waals surface area contributed by atoms with Crippen LogP contribution in [0, 0.1) is 23.7 Å². The van der Waals surface area contributed by atoms with Crippen LogP contribution in [0.15, 0.2) is 12.2 Å². The molecule has 0 unspecified atom stereocenters. The molecule has 0 aromatic carbocycles. The Labute approximate surface area is 96.8 Å². The molecule has 2 aliphatic carbocycles. The number of carbonyl (C=O) groups is 1. The van der Waals surface area contributed by atoms with Crippen molar-refractivity contribution in [3.8, 4) is 0 Å². The fourth-order valence-corrected chi connectivity index (χ4v) is 3.36. The molecule has 4 atom stereocenters. The first-order chi connectivity index (χ1) is 7.67. The second-order valence-corrected chi connectivity index (χ2v) is 4.89. The highest BCUT2D eigenvalue weighted by molar-refractivity contribution is 5.80. The first-order valence-corrected chi connectivity index (χ1v) is 5.91. The Morgan fingerprint density at radius 3 is 2.50 bits per heavy atom. The van der Waals surface area contributed by atoms with Crippen LogP contribution in [0.2, 0.25) is 0 Å². The number of Topliss-reactive ketones (excluding diaryl/α,β-unsaturated/α-hetero) is 1. The van der Waals surface area contributed by atoms with Crippen molar-refractivity contribution >= 4 is 5.78 Å². The predicted molar refractivity (Wildman–Crippen MR) is 60.8 cm³/mol. The van der Waals surface area contributed by atoms with Crippen LogP contribution in [0.5, 0.6) is 0 Å². The monoisotopic (exact) mass is 224 g/mol. The molecular formula is C13H20O3. The van der Waals surface area contributed by atoms with Crippen LogP contribution in [-0.4, -0.2) is 26.3 Å². The van der Waals surface area contributed by atoms with Gasteiger partial charge in [0.1, 0.15) is 5.78 Å². The maximum atomic E-state index is 11.7. The number of hydrogen-bond donors (Lipinski definition) is 0. The summed E-state index contributed by atoms with van der Waals surface area (Å²) in [5.41, 5.74) is 0. The lowest BCUT2D eigenvalue weighted by Crippen LogP contribution is -2.30. The molecule has 0 heterocycles. The van der Waals surface area contributed by atoms with Gasteiger partial charge in [0.25, 0.3) is 0 Å². The van der Waals surface area contributed by atoms with Gasteiger partial charge in [-0.3, -0.25) is 4.79 Å². The fourth-order valence-electron chi connectivity index (χ4n) is 3.36. The van der Waals surface area contributed by atoms with Crippen LogP contribution in [0.25, 0.3) is 0 Å². The number of carbonyl (C=O) groups excluding carboxylic acids is 1. The highest BCUT2D eigenvalue weighted by atomic mass is 16.7. The summed E-state index contributed by atoms with van der Waals surface area (Å²) in [6.07, 6.45) is 6.25. The van der Waals surface area contributed by atoms with Gasteiger partial charge >= 0.3 is 0 Å². The van der Waals surface area contributed by atoms with Crippen LogP contribution in [0.3, 0.4) is 0 Å². The molecule has 1 fully saturated rings. The van der Waals surface area contributed by atoms with Crippen molar-refractivity contribution in [2.24, 2.45) is 23.7 Å². The second-order valence-electron chi connectivity index (χ2n) is 4.89. The summed E-state index contributed by atoms with van der Waals surface area (Å²) in [5.74, 6) is 1.90. The van der Waals surface area contributed by atoms with E-state index in [0.717, 1.165) is 12.8 Å². The summed E-state index contributed by atoms with van der Waals surface area (Å²) in [6.45, 7) is 1.71. The zero-order chi connectivity index (χ0) is 11.7. The van der Waals surface area contributed by atoms with Gasteiger partial charge in [0.2, 0.25) is 0 Å². The van der Waals surface area contributed by atoms with Gasteiger partial charge < -0.3 is 9.47 Å². The van der Waals surface area contributed by atoms with Crippen molar-refractivity contribution in [3.05, 3.63) is 12.2 Å². The number of ketones is 1. The fraction of sp³-hybridized carbons (Fsp3) is 0.769. The largest absolute Gasteiger partial charge is 0.356 e. The van der Waals surface area contributed by atoms with E-state index in [2.05, 4.69) is 12.2 Å². The SMILES string of the molecule is COC(C[C@H]1[C@H](C(C)=O)[C@@H]2C=C[C@H]1C2)OC. The van der Waals surface area contributed by atoms with Crippen molar-refractivity contribution in [2.45, 2.75) is 26.1 Å². The van der Waals surface area contributed by atoms with Gasteiger partial charge in [-0.25, -0.2) is 0 Å². The van der Waals surface area contributed by atoms with Gasteiger partial charge in [0.15, 0.2) is 6.29 Å². The van der Waals surface area contributed by atoms with Gasteiger partial charge in [-0.1, -0.05) is 12.2 Å². The van der Waals surface area contributed by atoms with E-state index in [1.54, 1.807) is 21.1 Å². The summed E-state index contributed by atoms with van der Waals surface area (Å²) in [4.78, 5) is 11.7. The first-order valence-electron chi connectivity index (χ1n) is 5.91. The third kappa shape index (κ3) is 1.94. The van der Waals surface area contributed by atoms with Gasteiger partial charge in [-0.15, -0.1) is 0 Å². The molecule has 3 nitrogen and oxygen atoms in total. The molecule has 0 spiro atoms. The molecule has 2 aliphatic rings. The minimum Gasteiger partial charge on any atom is -0.356 e. The van der Waals surface area contributed by atoms with Crippen molar-refractivity contribution in [1.82, 2.24) is 0 Å². The first kappa shape index (κ1) is 11.8. The number of ether oxygens (including phenoxy) is 2. The number of rotatable bonds is 5. The Balaban J connectivity index is 2.07. The average molecular weight is 224 g/mol. The third-order valence-electron chi connectivity index (χ3n) is 4.08. The molecule has 0 aliphatic heterocycles. The van der Waals surface area contributed by atoms with Crippen LogP contribution >= 0.6 is 0 Å². The Hall–Kier alpha value is -0.670. The van der Waals surface area contributed by atoms with E-state index in [1.807, 2.05) is 0 Å². The van der Waals surface area contributed by atoms with E-state index in [1.165, 1.54) is 0 Å². The Morgan fingerprint density at radius 1 is 1.31 bits per heavy atom.